The van der Waals surface area contributed by atoms with Crippen LogP contribution in [0.25, 0.3) is 0 Å². The van der Waals surface area contributed by atoms with Gasteiger partial charge in [0.05, 0.1) is 19.0 Å². The summed E-state index contributed by atoms with van der Waals surface area (Å²) in [6, 6.07) is 14.6. The number of nitrogens with zero attached hydrogens (tertiary/aromatic N) is 2. The monoisotopic (exact) mass is 364 g/mol. The van der Waals surface area contributed by atoms with Crippen molar-refractivity contribution in [3.63, 3.8) is 0 Å². The second kappa shape index (κ2) is 9.19. The third-order valence-electron chi connectivity index (χ3n) is 3.68. The molecule has 3 rings (SSSR count). The Morgan fingerprint density at radius 2 is 1.89 bits per heavy atom. The number of para-hydroxylation sites is 2. The number of hydrogen-bond acceptors (Lipinski definition) is 6. The number of benzene rings is 1. The van der Waals surface area contributed by atoms with Gasteiger partial charge in [-0.1, -0.05) is 18.2 Å². The van der Waals surface area contributed by atoms with E-state index >= 15 is 0 Å². The van der Waals surface area contributed by atoms with Crippen molar-refractivity contribution >= 4 is 17.4 Å². The van der Waals surface area contributed by atoms with E-state index in [2.05, 4.69) is 20.6 Å². The van der Waals surface area contributed by atoms with E-state index in [1.807, 2.05) is 30.3 Å². The third kappa shape index (κ3) is 5.43. The number of carbonyl (C=O) groups excluding carboxylic acids is 1. The summed E-state index contributed by atoms with van der Waals surface area (Å²) in [5, 5.41) is 5.94. The maximum atomic E-state index is 12.0. The van der Waals surface area contributed by atoms with Gasteiger partial charge in [-0.3, -0.25) is 9.78 Å². The van der Waals surface area contributed by atoms with E-state index in [4.69, 9.17) is 9.47 Å². The quantitative estimate of drug-likeness (QED) is 0.639. The fourth-order valence-electron chi connectivity index (χ4n) is 2.34. The maximum absolute atomic E-state index is 12.0. The van der Waals surface area contributed by atoms with Crippen molar-refractivity contribution in [1.82, 2.24) is 9.97 Å². The van der Waals surface area contributed by atoms with Gasteiger partial charge in [0, 0.05) is 18.9 Å². The first-order valence-corrected chi connectivity index (χ1v) is 8.39. The lowest BCUT2D eigenvalue weighted by atomic mass is 10.3. The highest BCUT2D eigenvalue weighted by Crippen LogP contribution is 2.25. The van der Waals surface area contributed by atoms with Crippen molar-refractivity contribution in [3.8, 4) is 11.5 Å². The first kappa shape index (κ1) is 18.2. The van der Waals surface area contributed by atoms with Crippen LogP contribution in [-0.4, -0.2) is 29.6 Å². The molecular formula is C20H20N4O3. The van der Waals surface area contributed by atoms with Crippen LogP contribution in [0.5, 0.6) is 11.5 Å². The van der Waals surface area contributed by atoms with Gasteiger partial charge in [-0.2, -0.15) is 0 Å². The zero-order valence-corrected chi connectivity index (χ0v) is 14.9. The van der Waals surface area contributed by atoms with Gasteiger partial charge in [-0.25, -0.2) is 4.98 Å². The summed E-state index contributed by atoms with van der Waals surface area (Å²) in [6.45, 7) is 0.511. The van der Waals surface area contributed by atoms with Gasteiger partial charge in [-0.15, -0.1) is 0 Å². The maximum Gasteiger partial charge on any atom is 0.263 e. The summed E-state index contributed by atoms with van der Waals surface area (Å²) in [5.74, 6) is 1.24. The van der Waals surface area contributed by atoms with Crippen molar-refractivity contribution in [1.29, 1.82) is 0 Å². The summed E-state index contributed by atoms with van der Waals surface area (Å²) < 4.78 is 10.7. The Labute approximate surface area is 157 Å². The molecule has 7 heteroatoms. The largest absolute Gasteiger partial charge is 0.493 e. The Morgan fingerprint density at radius 1 is 1.04 bits per heavy atom. The highest BCUT2D eigenvalue weighted by atomic mass is 16.5. The fraction of sp³-hybridized carbons (Fsp3) is 0.150. The van der Waals surface area contributed by atoms with Gasteiger partial charge < -0.3 is 20.1 Å². The second-order valence-electron chi connectivity index (χ2n) is 5.63. The van der Waals surface area contributed by atoms with Crippen molar-refractivity contribution < 1.29 is 14.3 Å². The molecule has 2 heterocycles. The Balaban J connectivity index is 1.48. The molecule has 27 heavy (non-hydrogen) atoms. The number of carbonyl (C=O) groups is 1. The summed E-state index contributed by atoms with van der Waals surface area (Å²) in [5.41, 5.74) is 1.92. The van der Waals surface area contributed by atoms with Crippen molar-refractivity contribution in [2.24, 2.45) is 0 Å². The van der Waals surface area contributed by atoms with Gasteiger partial charge in [0.25, 0.3) is 5.91 Å². The molecule has 1 aromatic carbocycles. The van der Waals surface area contributed by atoms with Crippen LogP contribution < -0.4 is 20.1 Å². The van der Waals surface area contributed by atoms with Gasteiger partial charge >= 0.3 is 0 Å². The highest BCUT2D eigenvalue weighted by molar-refractivity contribution is 5.91. The SMILES string of the molecule is COc1ccccc1OCC(=O)Nc1ccc(NCc2cccnc2)cn1. The number of nitrogens with one attached hydrogen (secondary N) is 2. The number of amides is 1. The molecule has 2 N–H and O–H groups in total. The molecule has 3 aromatic rings. The fourth-order valence-corrected chi connectivity index (χ4v) is 2.34. The smallest absolute Gasteiger partial charge is 0.263 e. The molecule has 0 aliphatic heterocycles. The lowest BCUT2D eigenvalue weighted by Gasteiger charge is -2.10. The summed E-state index contributed by atoms with van der Waals surface area (Å²) >= 11 is 0. The van der Waals surface area contributed by atoms with E-state index < -0.39 is 0 Å². The molecule has 0 saturated heterocycles. The third-order valence-corrected chi connectivity index (χ3v) is 3.68. The molecule has 0 spiro atoms. The Morgan fingerprint density at radius 3 is 2.59 bits per heavy atom. The molecule has 0 aliphatic carbocycles. The Bertz CT molecular complexity index is 870. The summed E-state index contributed by atoms with van der Waals surface area (Å²) in [7, 11) is 1.55. The van der Waals surface area contributed by atoms with Crippen molar-refractivity contribution in [3.05, 3.63) is 72.7 Å². The van der Waals surface area contributed by atoms with Crippen LogP contribution in [0.1, 0.15) is 5.56 Å². The average molecular weight is 364 g/mol. The zero-order chi connectivity index (χ0) is 18.9. The predicted molar refractivity (Wildman–Crippen MR) is 103 cm³/mol. The number of rotatable bonds is 8. The van der Waals surface area contributed by atoms with Gasteiger partial charge in [0.15, 0.2) is 18.1 Å². The van der Waals surface area contributed by atoms with Gasteiger partial charge in [0.2, 0.25) is 0 Å². The number of aromatic nitrogens is 2. The summed E-state index contributed by atoms with van der Waals surface area (Å²) in [4.78, 5) is 20.3. The first-order valence-electron chi connectivity index (χ1n) is 8.39. The van der Waals surface area contributed by atoms with E-state index in [1.54, 1.807) is 43.9 Å². The zero-order valence-electron chi connectivity index (χ0n) is 14.9. The Kier molecular flexibility index (Phi) is 6.19. The van der Waals surface area contributed by atoms with Gasteiger partial charge in [0.1, 0.15) is 5.82 Å². The second-order valence-corrected chi connectivity index (χ2v) is 5.63. The first-order chi connectivity index (χ1) is 13.2. The highest BCUT2D eigenvalue weighted by Gasteiger charge is 2.08. The molecule has 0 bridgehead atoms. The molecule has 0 saturated carbocycles. The molecular weight excluding hydrogens is 344 g/mol. The topological polar surface area (TPSA) is 85.4 Å². The molecule has 2 aromatic heterocycles. The van der Waals surface area contributed by atoms with E-state index in [0.717, 1.165) is 11.3 Å². The van der Waals surface area contributed by atoms with Crippen molar-refractivity contribution in [2.75, 3.05) is 24.4 Å². The number of methoxy groups -OCH3 is 1. The molecule has 1 amide bonds. The summed E-state index contributed by atoms with van der Waals surface area (Å²) in [6.07, 6.45) is 5.20. The number of hydrogen-bond donors (Lipinski definition) is 2. The Hall–Kier alpha value is -3.61. The average Bonchev–Trinajstić information content (AvgIpc) is 2.72. The molecule has 0 aliphatic rings. The van der Waals surface area contributed by atoms with E-state index in [1.165, 1.54) is 0 Å². The minimum Gasteiger partial charge on any atom is -0.493 e. The van der Waals surface area contributed by atoms with Crippen LogP contribution in [0.2, 0.25) is 0 Å². The number of anilines is 2. The molecule has 0 radical (unpaired) electrons. The lowest BCUT2D eigenvalue weighted by molar-refractivity contribution is -0.118. The standard InChI is InChI=1S/C20H20N4O3/c1-26-17-6-2-3-7-18(17)27-14-20(25)24-19-9-8-16(13-23-19)22-12-15-5-4-10-21-11-15/h2-11,13,22H,12,14H2,1H3,(H,23,24,25). The lowest BCUT2D eigenvalue weighted by Crippen LogP contribution is -2.20. The predicted octanol–water partition coefficient (Wildman–Crippen LogP) is 3.11. The van der Waals surface area contributed by atoms with E-state index in [0.29, 0.717) is 23.9 Å². The van der Waals surface area contributed by atoms with E-state index in [9.17, 15) is 4.79 Å². The van der Waals surface area contributed by atoms with Crippen LogP contribution in [0.3, 0.4) is 0 Å². The van der Waals surface area contributed by atoms with E-state index in [-0.39, 0.29) is 12.5 Å². The minimum absolute atomic E-state index is 0.136. The van der Waals surface area contributed by atoms with Crippen LogP contribution in [0.15, 0.2) is 67.1 Å². The normalized spacial score (nSPS) is 10.1. The minimum atomic E-state index is -0.301. The van der Waals surface area contributed by atoms with Crippen LogP contribution in [0, 0.1) is 0 Å². The van der Waals surface area contributed by atoms with Gasteiger partial charge in [-0.05, 0) is 35.9 Å². The van der Waals surface area contributed by atoms with Crippen molar-refractivity contribution in [2.45, 2.75) is 6.54 Å². The molecule has 0 fully saturated rings. The molecule has 138 valence electrons. The number of ether oxygens (including phenoxy) is 2. The van der Waals surface area contributed by atoms with Crippen LogP contribution in [-0.2, 0) is 11.3 Å². The molecule has 7 nitrogen and oxygen atoms in total. The molecule has 0 unspecified atom stereocenters. The van der Waals surface area contributed by atoms with Crippen LogP contribution in [0.4, 0.5) is 11.5 Å². The van der Waals surface area contributed by atoms with Crippen LogP contribution >= 0.6 is 0 Å². The molecule has 0 atom stereocenters. The number of pyridine rings is 2.